The fourth-order valence-electron chi connectivity index (χ4n) is 2.27. The predicted octanol–water partition coefficient (Wildman–Crippen LogP) is 3.98. The van der Waals surface area contributed by atoms with E-state index in [1.807, 2.05) is 42.8 Å². The van der Waals surface area contributed by atoms with Crippen LogP contribution in [0.2, 0.25) is 0 Å². The summed E-state index contributed by atoms with van der Waals surface area (Å²) in [6, 6.07) is 11.4. The quantitative estimate of drug-likeness (QED) is 0.828. The molecule has 4 nitrogen and oxygen atoms in total. The second-order valence-corrected chi connectivity index (χ2v) is 6.43. The van der Waals surface area contributed by atoms with Gasteiger partial charge in [0.25, 0.3) is 5.91 Å². The van der Waals surface area contributed by atoms with Gasteiger partial charge in [-0.1, -0.05) is 12.1 Å². The average molecular weight is 360 g/mol. The van der Waals surface area contributed by atoms with Crippen molar-refractivity contribution in [3.8, 4) is 6.07 Å². The van der Waals surface area contributed by atoms with Gasteiger partial charge in [-0.15, -0.1) is 0 Å². The van der Waals surface area contributed by atoms with Gasteiger partial charge in [0.05, 0.1) is 11.6 Å². The highest BCUT2D eigenvalue weighted by atomic mass is 79.9. The Balaban J connectivity index is 2.17. The van der Waals surface area contributed by atoms with Gasteiger partial charge in [0, 0.05) is 30.3 Å². The molecule has 1 aromatic heterocycles. The van der Waals surface area contributed by atoms with E-state index in [0.717, 1.165) is 10.0 Å². The summed E-state index contributed by atoms with van der Waals surface area (Å²) in [5.41, 5.74) is 2.28. The minimum atomic E-state index is -0.0243. The molecular formula is C17H18BrN3O. The van der Waals surface area contributed by atoms with Crippen LogP contribution < -0.4 is 0 Å². The molecule has 5 heteroatoms. The Labute approximate surface area is 139 Å². The van der Waals surface area contributed by atoms with E-state index in [1.165, 1.54) is 0 Å². The van der Waals surface area contributed by atoms with E-state index >= 15 is 0 Å². The van der Waals surface area contributed by atoms with Gasteiger partial charge in [-0.2, -0.15) is 5.26 Å². The summed E-state index contributed by atoms with van der Waals surface area (Å²) >= 11 is 3.43. The first-order chi connectivity index (χ1) is 10.4. The zero-order valence-corrected chi connectivity index (χ0v) is 14.5. The van der Waals surface area contributed by atoms with Crippen molar-refractivity contribution < 1.29 is 4.79 Å². The third-order valence-corrected chi connectivity index (χ3v) is 3.87. The van der Waals surface area contributed by atoms with Gasteiger partial charge in [-0.3, -0.25) is 4.79 Å². The van der Waals surface area contributed by atoms with Crippen molar-refractivity contribution in [3.63, 3.8) is 0 Å². The van der Waals surface area contributed by atoms with Crippen molar-refractivity contribution in [2.75, 3.05) is 7.05 Å². The maximum atomic E-state index is 12.6. The number of carbonyl (C=O) groups excluding carboxylic acids is 1. The molecular weight excluding hydrogens is 342 g/mol. The van der Waals surface area contributed by atoms with Crippen LogP contribution in [0.25, 0.3) is 0 Å². The number of amides is 1. The molecule has 22 heavy (non-hydrogen) atoms. The van der Waals surface area contributed by atoms with Crippen LogP contribution in [0, 0.1) is 11.3 Å². The maximum Gasteiger partial charge on any atom is 0.270 e. The summed E-state index contributed by atoms with van der Waals surface area (Å²) in [5, 5.41) is 8.81. The van der Waals surface area contributed by atoms with Crippen LogP contribution in [0.4, 0.5) is 0 Å². The van der Waals surface area contributed by atoms with Gasteiger partial charge >= 0.3 is 0 Å². The van der Waals surface area contributed by atoms with Gasteiger partial charge in [0.15, 0.2) is 0 Å². The van der Waals surface area contributed by atoms with Crippen LogP contribution in [0.5, 0.6) is 0 Å². The highest BCUT2D eigenvalue weighted by Gasteiger charge is 2.18. The van der Waals surface area contributed by atoms with Crippen molar-refractivity contribution in [2.45, 2.75) is 26.4 Å². The molecule has 0 fully saturated rings. The van der Waals surface area contributed by atoms with E-state index in [4.69, 9.17) is 5.26 Å². The first kappa shape index (κ1) is 16.3. The molecule has 1 heterocycles. The highest BCUT2D eigenvalue weighted by Crippen LogP contribution is 2.21. The van der Waals surface area contributed by atoms with Crippen LogP contribution in [0.3, 0.4) is 0 Å². The first-order valence-electron chi connectivity index (χ1n) is 7.04. The van der Waals surface area contributed by atoms with E-state index in [2.05, 4.69) is 22.0 Å². The molecule has 2 aromatic rings. The fraction of sp³-hybridized carbons (Fsp3) is 0.294. The standard InChI is InChI=1S/C17H18BrN3O/c1-12(2)21-11-15(18)8-16(21)17(22)20(3)10-14-6-4-13(9-19)5-7-14/h4-8,11-12H,10H2,1-3H3. The normalized spacial score (nSPS) is 10.5. The molecule has 114 valence electrons. The lowest BCUT2D eigenvalue weighted by atomic mass is 10.1. The minimum Gasteiger partial charge on any atom is -0.340 e. The maximum absolute atomic E-state index is 12.6. The highest BCUT2D eigenvalue weighted by molar-refractivity contribution is 9.10. The van der Waals surface area contributed by atoms with E-state index in [0.29, 0.717) is 17.8 Å². The third kappa shape index (κ3) is 3.58. The summed E-state index contributed by atoms with van der Waals surface area (Å²) in [5.74, 6) is -0.0243. The lowest BCUT2D eigenvalue weighted by Gasteiger charge is -2.20. The van der Waals surface area contributed by atoms with Crippen molar-refractivity contribution in [1.82, 2.24) is 9.47 Å². The molecule has 0 aliphatic carbocycles. The fourth-order valence-corrected chi connectivity index (χ4v) is 2.71. The second kappa shape index (κ2) is 6.80. The number of aromatic nitrogens is 1. The minimum absolute atomic E-state index is 0.0243. The molecule has 0 bridgehead atoms. The van der Waals surface area contributed by atoms with Crippen LogP contribution in [0.15, 0.2) is 41.0 Å². The number of hydrogen-bond acceptors (Lipinski definition) is 2. The first-order valence-corrected chi connectivity index (χ1v) is 7.83. The number of benzene rings is 1. The lowest BCUT2D eigenvalue weighted by molar-refractivity contribution is 0.0772. The van der Waals surface area contributed by atoms with Gasteiger partial charge < -0.3 is 9.47 Å². The Morgan fingerprint density at radius 1 is 1.36 bits per heavy atom. The summed E-state index contributed by atoms with van der Waals surface area (Å²) < 4.78 is 2.86. The SMILES string of the molecule is CC(C)n1cc(Br)cc1C(=O)N(C)Cc1ccc(C#N)cc1. The predicted molar refractivity (Wildman–Crippen MR) is 89.5 cm³/mol. The molecule has 0 N–H and O–H groups in total. The Hall–Kier alpha value is -2.06. The Morgan fingerprint density at radius 2 is 2.00 bits per heavy atom. The molecule has 0 unspecified atom stereocenters. The van der Waals surface area contributed by atoms with Crippen molar-refractivity contribution in [3.05, 3.63) is 57.8 Å². The van der Waals surface area contributed by atoms with Gasteiger partial charge in [0.2, 0.25) is 0 Å². The van der Waals surface area contributed by atoms with Crippen molar-refractivity contribution in [2.24, 2.45) is 0 Å². The Morgan fingerprint density at radius 3 is 2.55 bits per heavy atom. The largest absolute Gasteiger partial charge is 0.340 e. The van der Waals surface area contributed by atoms with Crippen molar-refractivity contribution >= 4 is 21.8 Å². The lowest BCUT2D eigenvalue weighted by Crippen LogP contribution is -2.28. The van der Waals surface area contributed by atoms with E-state index in [1.54, 1.807) is 24.1 Å². The van der Waals surface area contributed by atoms with Gasteiger partial charge in [0.1, 0.15) is 5.69 Å². The molecule has 0 radical (unpaired) electrons. The average Bonchev–Trinajstić information content (AvgIpc) is 2.89. The smallest absolute Gasteiger partial charge is 0.270 e. The van der Waals surface area contributed by atoms with Crippen LogP contribution >= 0.6 is 15.9 Å². The number of hydrogen-bond donors (Lipinski definition) is 0. The second-order valence-electron chi connectivity index (χ2n) is 5.51. The number of carbonyl (C=O) groups is 1. The summed E-state index contributed by atoms with van der Waals surface area (Å²) in [4.78, 5) is 14.3. The molecule has 0 aliphatic rings. The molecule has 2 rings (SSSR count). The Bertz CT molecular complexity index is 710. The number of rotatable bonds is 4. The molecule has 0 saturated heterocycles. The zero-order chi connectivity index (χ0) is 16.3. The molecule has 0 saturated carbocycles. The number of halogens is 1. The summed E-state index contributed by atoms with van der Waals surface area (Å²) in [6.45, 7) is 4.60. The van der Waals surface area contributed by atoms with Crippen molar-refractivity contribution in [1.29, 1.82) is 5.26 Å². The zero-order valence-electron chi connectivity index (χ0n) is 12.9. The van der Waals surface area contributed by atoms with Crippen LogP contribution in [0.1, 0.15) is 41.5 Å². The molecule has 0 aliphatic heterocycles. The van der Waals surface area contributed by atoms with Crippen LogP contribution in [-0.2, 0) is 6.54 Å². The van der Waals surface area contributed by atoms with E-state index in [9.17, 15) is 4.79 Å². The van der Waals surface area contributed by atoms with Crippen LogP contribution in [-0.4, -0.2) is 22.4 Å². The van der Waals surface area contributed by atoms with E-state index in [-0.39, 0.29) is 11.9 Å². The monoisotopic (exact) mass is 359 g/mol. The summed E-state index contributed by atoms with van der Waals surface area (Å²) in [6.07, 6.45) is 1.92. The molecule has 1 amide bonds. The third-order valence-electron chi connectivity index (χ3n) is 3.44. The molecule has 0 atom stereocenters. The molecule has 0 spiro atoms. The number of nitrogens with zero attached hydrogens (tertiary/aromatic N) is 3. The van der Waals surface area contributed by atoms with Gasteiger partial charge in [-0.05, 0) is 53.5 Å². The topological polar surface area (TPSA) is 49.0 Å². The Kier molecular flexibility index (Phi) is 5.04. The number of nitriles is 1. The summed E-state index contributed by atoms with van der Waals surface area (Å²) in [7, 11) is 1.78. The molecule has 1 aromatic carbocycles. The van der Waals surface area contributed by atoms with E-state index < -0.39 is 0 Å². The van der Waals surface area contributed by atoms with Gasteiger partial charge in [-0.25, -0.2) is 0 Å².